The molecule has 5 nitrogen and oxygen atoms in total. The third kappa shape index (κ3) is 3.08. The highest BCUT2D eigenvalue weighted by Gasteiger charge is 2.17. The lowest BCUT2D eigenvalue weighted by Gasteiger charge is -2.12. The van der Waals surface area contributed by atoms with E-state index in [1.165, 1.54) is 7.11 Å². The normalized spacial score (nSPS) is 12.3. The zero-order valence-corrected chi connectivity index (χ0v) is 14.1. The number of fused-ring (bicyclic) bond motifs is 3. The molecule has 3 aromatic rings. The Kier molecular flexibility index (Phi) is 4.44. The maximum absolute atomic E-state index is 12.2. The van der Waals surface area contributed by atoms with Crippen molar-refractivity contribution in [3.8, 4) is 0 Å². The Hall–Kier alpha value is -2.53. The van der Waals surface area contributed by atoms with Gasteiger partial charge in [0.2, 0.25) is 5.91 Å². The largest absolute Gasteiger partial charge is 0.468 e. The standard InChI is InChI=1S/C18H17ClN2O3/c1-10(18(23)20-9-17(22)24-2)11-3-5-13-14-8-12(19)4-6-15(14)21-16(13)7-11/h3-8,10,21H,9H2,1-2H3,(H,20,23)/t10-/m0/s1. The average molecular weight is 345 g/mol. The molecule has 0 saturated heterocycles. The van der Waals surface area contributed by atoms with Gasteiger partial charge in [-0.1, -0.05) is 23.7 Å². The first-order valence-electron chi connectivity index (χ1n) is 7.55. The Morgan fingerprint density at radius 1 is 1.17 bits per heavy atom. The van der Waals surface area contributed by atoms with Gasteiger partial charge in [0.05, 0.1) is 13.0 Å². The van der Waals surface area contributed by atoms with Crippen LogP contribution in [0.4, 0.5) is 0 Å². The number of benzene rings is 2. The molecule has 0 fully saturated rings. The molecule has 6 heteroatoms. The van der Waals surface area contributed by atoms with Crippen molar-refractivity contribution >= 4 is 45.3 Å². The van der Waals surface area contributed by atoms with Gasteiger partial charge < -0.3 is 15.0 Å². The van der Waals surface area contributed by atoms with E-state index in [2.05, 4.69) is 15.0 Å². The molecule has 2 aromatic carbocycles. The number of aromatic nitrogens is 1. The number of ether oxygens (including phenoxy) is 1. The summed E-state index contributed by atoms with van der Waals surface area (Å²) in [5.41, 5.74) is 2.80. The highest BCUT2D eigenvalue weighted by molar-refractivity contribution is 6.31. The van der Waals surface area contributed by atoms with E-state index in [-0.39, 0.29) is 18.4 Å². The molecule has 1 heterocycles. The molecule has 2 N–H and O–H groups in total. The van der Waals surface area contributed by atoms with Gasteiger partial charge in [-0.3, -0.25) is 9.59 Å². The van der Waals surface area contributed by atoms with E-state index in [4.69, 9.17) is 11.6 Å². The first-order valence-corrected chi connectivity index (χ1v) is 7.93. The van der Waals surface area contributed by atoms with E-state index in [0.29, 0.717) is 5.02 Å². The van der Waals surface area contributed by atoms with Crippen molar-refractivity contribution in [3.05, 3.63) is 47.0 Å². The highest BCUT2D eigenvalue weighted by Crippen LogP contribution is 2.30. The summed E-state index contributed by atoms with van der Waals surface area (Å²) >= 11 is 6.07. The molecule has 1 atom stereocenters. The van der Waals surface area contributed by atoms with Crippen molar-refractivity contribution in [3.63, 3.8) is 0 Å². The van der Waals surface area contributed by atoms with Gasteiger partial charge in [-0.15, -0.1) is 0 Å². The minimum atomic E-state index is -0.474. The number of halogens is 1. The van der Waals surface area contributed by atoms with Crippen molar-refractivity contribution in [1.82, 2.24) is 10.3 Å². The van der Waals surface area contributed by atoms with Gasteiger partial charge in [-0.25, -0.2) is 0 Å². The molecule has 0 bridgehead atoms. The molecule has 0 unspecified atom stereocenters. The molecule has 3 rings (SSSR count). The van der Waals surface area contributed by atoms with Crippen LogP contribution in [0.1, 0.15) is 18.4 Å². The van der Waals surface area contributed by atoms with Crippen LogP contribution in [0.2, 0.25) is 5.02 Å². The van der Waals surface area contributed by atoms with Crippen LogP contribution in [0, 0.1) is 0 Å². The first-order chi connectivity index (χ1) is 11.5. The van der Waals surface area contributed by atoms with Gasteiger partial charge in [-0.05, 0) is 36.8 Å². The predicted molar refractivity (Wildman–Crippen MR) is 94.3 cm³/mol. The summed E-state index contributed by atoms with van der Waals surface area (Å²) in [6, 6.07) is 11.5. The second-order valence-electron chi connectivity index (χ2n) is 5.64. The van der Waals surface area contributed by atoms with Gasteiger partial charge >= 0.3 is 5.97 Å². The van der Waals surface area contributed by atoms with Crippen LogP contribution in [0.25, 0.3) is 21.8 Å². The van der Waals surface area contributed by atoms with Crippen LogP contribution in [0.5, 0.6) is 0 Å². The minimum absolute atomic E-state index is 0.132. The van der Waals surface area contributed by atoms with Gasteiger partial charge in [0.15, 0.2) is 0 Å². The topological polar surface area (TPSA) is 71.2 Å². The fraction of sp³-hybridized carbons (Fsp3) is 0.222. The number of hydrogen-bond acceptors (Lipinski definition) is 3. The number of rotatable bonds is 4. The van der Waals surface area contributed by atoms with E-state index >= 15 is 0 Å². The molecule has 1 aromatic heterocycles. The average Bonchev–Trinajstić information content (AvgIpc) is 2.95. The number of esters is 1. The predicted octanol–water partition coefficient (Wildman–Crippen LogP) is 3.37. The number of nitrogens with one attached hydrogen (secondary N) is 2. The fourth-order valence-corrected chi connectivity index (χ4v) is 2.87. The lowest BCUT2D eigenvalue weighted by Crippen LogP contribution is -2.33. The smallest absolute Gasteiger partial charge is 0.325 e. The molecule has 0 saturated carbocycles. The van der Waals surface area contributed by atoms with Crippen molar-refractivity contribution in [2.24, 2.45) is 0 Å². The van der Waals surface area contributed by atoms with Crippen LogP contribution in [0.3, 0.4) is 0 Å². The summed E-state index contributed by atoms with van der Waals surface area (Å²) in [5, 5.41) is 5.36. The number of H-pyrrole nitrogens is 1. The van der Waals surface area contributed by atoms with E-state index in [1.807, 2.05) is 36.4 Å². The number of aromatic amines is 1. The van der Waals surface area contributed by atoms with E-state index in [1.54, 1.807) is 6.92 Å². The zero-order valence-electron chi connectivity index (χ0n) is 13.4. The molecule has 0 spiro atoms. The summed E-state index contributed by atoms with van der Waals surface area (Å²) in [7, 11) is 1.29. The van der Waals surface area contributed by atoms with Crippen molar-refractivity contribution in [2.45, 2.75) is 12.8 Å². The Balaban J connectivity index is 1.88. The molecular weight excluding hydrogens is 328 g/mol. The lowest BCUT2D eigenvalue weighted by atomic mass is 9.98. The summed E-state index contributed by atoms with van der Waals surface area (Å²) < 4.78 is 4.52. The van der Waals surface area contributed by atoms with E-state index in [0.717, 1.165) is 27.4 Å². The van der Waals surface area contributed by atoms with Crippen LogP contribution >= 0.6 is 11.6 Å². The summed E-state index contributed by atoms with van der Waals surface area (Å²) in [4.78, 5) is 26.6. The second kappa shape index (κ2) is 6.53. The molecule has 0 aliphatic heterocycles. The molecule has 1 amide bonds. The van der Waals surface area contributed by atoms with Gasteiger partial charge in [-0.2, -0.15) is 0 Å². The summed E-state index contributed by atoms with van der Waals surface area (Å²) in [6.07, 6.45) is 0. The number of methoxy groups -OCH3 is 1. The lowest BCUT2D eigenvalue weighted by molar-refractivity contribution is -0.141. The molecule has 124 valence electrons. The Bertz CT molecular complexity index is 933. The summed E-state index contributed by atoms with van der Waals surface area (Å²) in [5.74, 6) is -1.08. The third-order valence-electron chi connectivity index (χ3n) is 4.11. The van der Waals surface area contributed by atoms with Gasteiger partial charge in [0.1, 0.15) is 6.54 Å². The quantitative estimate of drug-likeness (QED) is 0.713. The first kappa shape index (κ1) is 16.3. The summed E-state index contributed by atoms with van der Waals surface area (Å²) in [6.45, 7) is 1.67. The maximum Gasteiger partial charge on any atom is 0.325 e. The minimum Gasteiger partial charge on any atom is -0.468 e. The SMILES string of the molecule is COC(=O)CNC(=O)[C@@H](C)c1ccc2c(c1)[nH]c1ccc(Cl)cc12. The van der Waals surface area contributed by atoms with Crippen LogP contribution in [0.15, 0.2) is 36.4 Å². The van der Waals surface area contributed by atoms with Crippen LogP contribution < -0.4 is 5.32 Å². The number of amides is 1. The molecule has 0 aliphatic carbocycles. The second-order valence-corrected chi connectivity index (χ2v) is 6.07. The zero-order chi connectivity index (χ0) is 17.3. The van der Waals surface area contributed by atoms with Crippen LogP contribution in [-0.4, -0.2) is 30.5 Å². The highest BCUT2D eigenvalue weighted by atomic mass is 35.5. The molecule has 24 heavy (non-hydrogen) atoms. The molecule has 0 radical (unpaired) electrons. The number of carbonyl (C=O) groups excluding carboxylic acids is 2. The van der Waals surface area contributed by atoms with E-state index in [9.17, 15) is 9.59 Å². The van der Waals surface area contributed by atoms with Crippen molar-refractivity contribution in [2.75, 3.05) is 13.7 Å². The molecular formula is C18H17ClN2O3. The number of carbonyl (C=O) groups is 2. The van der Waals surface area contributed by atoms with E-state index < -0.39 is 5.97 Å². The van der Waals surface area contributed by atoms with Crippen molar-refractivity contribution in [1.29, 1.82) is 0 Å². The van der Waals surface area contributed by atoms with Crippen LogP contribution in [-0.2, 0) is 14.3 Å². The van der Waals surface area contributed by atoms with Crippen molar-refractivity contribution < 1.29 is 14.3 Å². The Morgan fingerprint density at radius 3 is 2.71 bits per heavy atom. The van der Waals surface area contributed by atoms with Gasteiger partial charge in [0, 0.05) is 26.8 Å². The third-order valence-corrected chi connectivity index (χ3v) is 4.35. The number of hydrogen-bond donors (Lipinski definition) is 2. The maximum atomic E-state index is 12.2. The molecule has 0 aliphatic rings. The van der Waals surface area contributed by atoms with Gasteiger partial charge in [0.25, 0.3) is 0 Å². The fourth-order valence-electron chi connectivity index (χ4n) is 2.70. The monoisotopic (exact) mass is 344 g/mol. The Labute approximate surface area is 143 Å². The Morgan fingerprint density at radius 2 is 1.96 bits per heavy atom.